The lowest BCUT2D eigenvalue weighted by molar-refractivity contribution is -0.136. The van der Waals surface area contributed by atoms with Gasteiger partial charge in [-0.1, -0.05) is 0 Å². The highest BCUT2D eigenvalue weighted by atomic mass is 19.4. The molecule has 0 heterocycles. The second-order valence-corrected chi connectivity index (χ2v) is 5.21. The maximum atomic E-state index is 13.2. The van der Waals surface area contributed by atoms with Crippen molar-refractivity contribution < 1.29 is 26.7 Å². The smallest absolute Gasteiger partial charge is 0.378 e. The molecule has 0 radical (unpaired) electrons. The first kappa shape index (κ1) is 17.7. The number of hydrogen-bond acceptors (Lipinski definition) is 2. The van der Waals surface area contributed by atoms with Crippen LogP contribution in [0.15, 0.2) is 36.4 Å². The van der Waals surface area contributed by atoms with Crippen molar-refractivity contribution in [2.75, 3.05) is 24.3 Å². The normalized spacial score (nSPS) is 11.3. The SMILES string of the molecule is CN(C)c1ccc(NC(=O)c2ccc(F)c(F)c2)c(C(F)(F)F)c1. The van der Waals surface area contributed by atoms with E-state index in [2.05, 4.69) is 5.32 Å². The first-order valence-electron chi connectivity index (χ1n) is 6.74. The van der Waals surface area contributed by atoms with E-state index in [4.69, 9.17) is 0 Å². The Morgan fingerprint density at radius 1 is 1.00 bits per heavy atom. The second-order valence-electron chi connectivity index (χ2n) is 5.21. The van der Waals surface area contributed by atoms with Crippen molar-refractivity contribution in [3.63, 3.8) is 0 Å². The Kier molecular flexibility index (Phi) is 4.77. The van der Waals surface area contributed by atoms with Gasteiger partial charge in [0.25, 0.3) is 5.91 Å². The summed E-state index contributed by atoms with van der Waals surface area (Å²) in [7, 11) is 3.16. The zero-order chi connectivity index (χ0) is 18.1. The van der Waals surface area contributed by atoms with E-state index >= 15 is 0 Å². The van der Waals surface area contributed by atoms with Crippen LogP contribution in [0.3, 0.4) is 0 Å². The quantitative estimate of drug-likeness (QED) is 0.842. The Bertz CT molecular complexity index is 772. The minimum absolute atomic E-state index is 0.293. The predicted molar refractivity (Wildman–Crippen MR) is 80.1 cm³/mol. The van der Waals surface area contributed by atoms with Gasteiger partial charge in [-0.25, -0.2) is 8.78 Å². The number of hydrogen-bond donors (Lipinski definition) is 1. The first-order chi connectivity index (χ1) is 11.1. The molecular formula is C16H13F5N2O. The average Bonchev–Trinajstić information content (AvgIpc) is 2.49. The molecule has 0 aromatic heterocycles. The van der Waals surface area contributed by atoms with Crippen LogP contribution < -0.4 is 10.2 Å². The van der Waals surface area contributed by atoms with Gasteiger partial charge in [-0.3, -0.25) is 4.79 Å². The molecule has 2 rings (SSSR count). The van der Waals surface area contributed by atoms with Gasteiger partial charge in [-0.05, 0) is 36.4 Å². The molecule has 8 heteroatoms. The molecular weight excluding hydrogens is 331 g/mol. The van der Waals surface area contributed by atoms with Gasteiger partial charge in [0, 0.05) is 25.3 Å². The van der Waals surface area contributed by atoms with Crippen LogP contribution in [0, 0.1) is 11.6 Å². The summed E-state index contributed by atoms with van der Waals surface area (Å²) in [5.41, 5.74) is -1.50. The fourth-order valence-electron chi connectivity index (χ4n) is 1.99. The summed E-state index contributed by atoms with van der Waals surface area (Å²) < 4.78 is 65.6. The average molecular weight is 344 g/mol. The fourth-order valence-corrected chi connectivity index (χ4v) is 1.99. The van der Waals surface area contributed by atoms with E-state index in [1.165, 1.54) is 11.0 Å². The van der Waals surface area contributed by atoms with Crippen LogP contribution in [0.5, 0.6) is 0 Å². The van der Waals surface area contributed by atoms with E-state index in [-0.39, 0.29) is 5.56 Å². The molecule has 0 saturated carbocycles. The van der Waals surface area contributed by atoms with E-state index in [9.17, 15) is 26.7 Å². The summed E-state index contributed by atoms with van der Waals surface area (Å²) >= 11 is 0. The van der Waals surface area contributed by atoms with Crippen molar-refractivity contribution in [2.45, 2.75) is 6.18 Å². The number of nitrogens with one attached hydrogen (secondary N) is 1. The Morgan fingerprint density at radius 3 is 2.21 bits per heavy atom. The number of carbonyl (C=O) groups excluding carboxylic acids is 1. The molecule has 0 saturated heterocycles. The van der Waals surface area contributed by atoms with Crippen LogP contribution in [-0.2, 0) is 6.18 Å². The van der Waals surface area contributed by atoms with Gasteiger partial charge in [0.1, 0.15) is 0 Å². The molecule has 2 aromatic carbocycles. The summed E-state index contributed by atoms with van der Waals surface area (Å²) in [5, 5.41) is 2.08. The van der Waals surface area contributed by atoms with Gasteiger partial charge in [0.15, 0.2) is 11.6 Å². The monoisotopic (exact) mass is 344 g/mol. The third kappa shape index (κ3) is 3.81. The topological polar surface area (TPSA) is 32.3 Å². The Morgan fingerprint density at radius 2 is 1.67 bits per heavy atom. The Labute approximate surface area is 134 Å². The predicted octanol–water partition coefficient (Wildman–Crippen LogP) is 4.30. The van der Waals surface area contributed by atoms with Gasteiger partial charge >= 0.3 is 6.18 Å². The van der Waals surface area contributed by atoms with Crippen molar-refractivity contribution in [2.24, 2.45) is 0 Å². The number of amides is 1. The van der Waals surface area contributed by atoms with E-state index in [1.807, 2.05) is 0 Å². The lowest BCUT2D eigenvalue weighted by Gasteiger charge is -2.18. The van der Waals surface area contributed by atoms with Crippen LogP contribution >= 0.6 is 0 Å². The third-order valence-corrected chi connectivity index (χ3v) is 3.25. The first-order valence-corrected chi connectivity index (χ1v) is 6.74. The molecule has 0 aliphatic heterocycles. The van der Waals surface area contributed by atoms with Crippen LogP contribution in [0.1, 0.15) is 15.9 Å². The molecule has 0 fully saturated rings. The van der Waals surface area contributed by atoms with E-state index in [0.717, 1.165) is 24.3 Å². The van der Waals surface area contributed by atoms with Crippen molar-refractivity contribution in [1.29, 1.82) is 0 Å². The second kappa shape index (κ2) is 6.46. The number of alkyl halides is 3. The highest BCUT2D eigenvalue weighted by molar-refractivity contribution is 6.04. The Balaban J connectivity index is 2.37. The van der Waals surface area contributed by atoms with Gasteiger partial charge in [0.05, 0.1) is 11.3 Å². The molecule has 0 aliphatic rings. The number of rotatable bonds is 3. The third-order valence-electron chi connectivity index (χ3n) is 3.25. The van der Waals surface area contributed by atoms with Crippen LogP contribution in [0.4, 0.5) is 33.3 Å². The van der Waals surface area contributed by atoms with Crippen molar-refractivity contribution in [3.8, 4) is 0 Å². The number of halogens is 5. The minimum atomic E-state index is -4.69. The molecule has 3 nitrogen and oxygen atoms in total. The van der Waals surface area contributed by atoms with Gasteiger partial charge < -0.3 is 10.2 Å². The standard InChI is InChI=1S/C16H13F5N2O/c1-23(2)10-4-6-14(11(8-10)16(19,20)21)22-15(24)9-3-5-12(17)13(18)7-9/h3-8H,1-2H3,(H,22,24). The molecule has 0 unspecified atom stereocenters. The summed E-state index contributed by atoms with van der Waals surface area (Å²) in [6.45, 7) is 0. The van der Waals surface area contributed by atoms with E-state index in [0.29, 0.717) is 11.8 Å². The van der Waals surface area contributed by atoms with E-state index in [1.54, 1.807) is 14.1 Å². The summed E-state index contributed by atoms with van der Waals surface area (Å²) in [6.07, 6.45) is -4.69. The van der Waals surface area contributed by atoms with Crippen molar-refractivity contribution in [1.82, 2.24) is 0 Å². The summed E-state index contributed by atoms with van der Waals surface area (Å²) in [6, 6.07) is 5.72. The molecule has 0 spiro atoms. The largest absolute Gasteiger partial charge is 0.418 e. The van der Waals surface area contributed by atoms with Crippen molar-refractivity contribution >= 4 is 17.3 Å². The fraction of sp³-hybridized carbons (Fsp3) is 0.188. The Hall–Kier alpha value is -2.64. The van der Waals surface area contributed by atoms with Gasteiger partial charge in [-0.2, -0.15) is 13.2 Å². The van der Waals surface area contributed by atoms with E-state index < -0.39 is 35.0 Å². The highest BCUT2D eigenvalue weighted by Crippen LogP contribution is 2.37. The molecule has 2 aromatic rings. The minimum Gasteiger partial charge on any atom is -0.378 e. The zero-order valence-corrected chi connectivity index (χ0v) is 12.7. The molecule has 24 heavy (non-hydrogen) atoms. The molecule has 0 bridgehead atoms. The van der Waals surface area contributed by atoms with Gasteiger partial charge in [-0.15, -0.1) is 0 Å². The maximum Gasteiger partial charge on any atom is 0.418 e. The summed E-state index contributed by atoms with van der Waals surface area (Å²) in [5.74, 6) is -3.39. The highest BCUT2D eigenvalue weighted by Gasteiger charge is 2.34. The zero-order valence-electron chi connectivity index (χ0n) is 12.7. The molecule has 128 valence electrons. The van der Waals surface area contributed by atoms with Crippen LogP contribution in [-0.4, -0.2) is 20.0 Å². The lowest BCUT2D eigenvalue weighted by atomic mass is 10.1. The lowest BCUT2D eigenvalue weighted by Crippen LogP contribution is -2.18. The number of carbonyl (C=O) groups is 1. The van der Waals surface area contributed by atoms with Gasteiger partial charge in [0.2, 0.25) is 0 Å². The molecule has 1 amide bonds. The molecule has 0 atom stereocenters. The number of benzene rings is 2. The molecule has 1 N–H and O–H groups in total. The number of nitrogens with zero attached hydrogens (tertiary/aromatic N) is 1. The van der Waals surface area contributed by atoms with Crippen LogP contribution in [0.25, 0.3) is 0 Å². The maximum absolute atomic E-state index is 13.2. The summed E-state index contributed by atoms with van der Waals surface area (Å²) in [4.78, 5) is 13.5. The van der Waals surface area contributed by atoms with Crippen molar-refractivity contribution in [3.05, 3.63) is 59.2 Å². The van der Waals surface area contributed by atoms with Crippen LogP contribution in [0.2, 0.25) is 0 Å². The molecule has 0 aliphatic carbocycles. The number of anilines is 2.